The molecule has 0 saturated carbocycles. The van der Waals surface area contributed by atoms with Gasteiger partial charge in [-0.1, -0.05) is 66.2 Å². The predicted molar refractivity (Wildman–Crippen MR) is 87.0 cm³/mol. The maximum absolute atomic E-state index is 6.63. The van der Waals surface area contributed by atoms with Crippen LogP contribution in [0.15, 0.2) is 46.9 Å². The van der Waals surface area contributed by atoms with Crippen molar-refractivity contribution in [1.82, 2.24) is 0 Å². The van der Waals surface area contributed by atoms with Crippen molar-refractivity contribution < 1.29 is 0 Å². The minimum absolute atomic E-state index is 0.105. The van der Waals surface area contributed by atoms with Crippen LogP contribution in [0.4, 0.5) is 0 Å². The van der Waals surface area contributed by atoms with Gasteiger partial charge in [0.2, 0.25) is 0 Å². The fourth-order valence-electron chi connectivity index (χ4n) is 2.34. The van der Waals surface area contributed by atoms with E-state index in [2.05, 4.69) is 54.0 Å². The van der Waals surface area contributed by atoms with Gasteiger partial charge in [-0.2, -0.15) is 0 Å². The van der Waals surface area contributed by atoms with Crippen LogP contribution in [0.25, 0.3) is 0 Å². The molecule has 0 fully saturated rings. The number of hydrogen-bond donors (Lipinski definition) is 0. The van der Waals surface area contributed by atoms with Gasteiger partial charge in [-0.3, -0.25) is 0 Å². The van der Waals surface area contributed by atoms with Gasteiger partial charge in [-0.25, -0.2) is 0 Å². The average Bonchev–Trinajstić information content (AvgIpc) is 2.46. The molecule has 0 aliphatic rings. The summed E-state index contributed by atoms with van der Waals surface area (Å²) >= 11 is 10.2. The Morgan fingerprint density at radius 3 is 2.32 bits per heavy atom. The van der Waals surface area contributed by atoms with Crippen molar-refractivity contribution in [3.05, 3.63) is 69.2 Å². The second-order valence-electron chi connectivity index (χ2n) is 4.62. The first-order valence-electron chi connectivity index (χ1n) is 6.67. The van der Waals surface area contributed by atoms with Crippen molar-refractivity contribution >= 4 is 27.5 Å². The molecule has 2 aromatic carbocycles. The van der Waals surface area contributed by atoms with Crippen molar-refractivity contribution in [1.29, 1.82) is 0 Å². The van der Waals surface area contributed by atoms with E-state index in [0.29, 0.717) is 0 Å². The highest BCUT2D eigenvalue weighted by atomic mass is 79.9. The van der Waals surface area contributed by atoms with E-state index < -0.39 is 0 Å². The summed E-state index contributed by atoms with van der Waals surface area (Å²) < 4.78 is 1.06. The van der Waals surface area contributed by atoms with Gasteiger partial charge < -0.3 is 0 Å². The van der Waals surface area contributed by atoms with Crippen LogP contribution in [0.5, 0.6) is 0 Å². The number of benzene rings is 2. The van der Waals surface area contributed by atoms with E-state index in [0.717, 1.165) is 22.9 Å². The van der Waals surface area contributed by atoms with Crippen molar-refractivity contribution in [2.45, 2.75) is 32.1 Å². The molecule has 1 atom stereocenters. The quantitative estimate of drug-likeness (QED) is 0.609. The summed E-state index contributed by atoms with van der Waals surface area (Å²) in [6.07, 6.45) is 2.13. The van der Waals surface area contributed by atoms with Crippen LogP contribution in [-0.4, -0.2) is 0 Å². The zero-order valence-corrected chi connectivity index (χ0v) is 13.6. The molecule has 0 N–H and O–H groups in total. The number of halogens is 2. The second kappa shape index (κ2) is 6.58. The maximum Gasteiger partial charge on any atom is 0.0846 e. The molecule has 100 valence electrons. The van der Waals surface area contributed by atoms with Crippen LogP contribution in [0, 0.1) is 0 Å². The number of aryl methyl sites for hydroxylation is 2. The van der Waals surface area contributed by atoms with E-state index in [9.17, 15) is 0 Å². The second-order valence-corrected chi connectivity index (χ2v) is 5.91. The molecule has 1 unspecified atom stereocenters. The van der Waals surface area contributed by atoms with E-state index in [1.807, 2.05) is 18.2 Å². The Bertz CT molecular complexity index is 563. The molecule has 0 aliphatic carbocycles. The molecule has 2 rings (SSSR count). The molecule has 0 radical (unpaired) electrons. The summed E-state index contributed by atoms with van der Waals surface area (Å²) in [7, 11) is 0. The molecule has 0 nitrogen and oxygen atoms in total. The first-order valence-corrected chi connectivity index (χ1v) is 7.90. The lowest BCUT2D eigenvalue weighted by Crippen LogP contribution is -1.98. The highest BCUT2D eigenvalue weighted by Crippen LogP contribution is 2.34. The Morgan fingerprint density at radius 2 is 1.68 bits per heavy atom. The molecule has 0 aromatic heterocycles. The lowest BCUT2D eigenvalue weighted by atomic mass is 9.96. The smallest absolute Gasteiger partial charge is 0.0846 e. The minimum atomic E-state index is -0.105. The molecular formula is C17H18BrCl. The predicted octanol–water partition coefficient (Wildman–Crippen LogP) is 5.90. The SMILES string of the molecule is CCc1ccc(C(Cl)c2ccccc2Br)cc1CC. The zero-order chi connectivity index (χ0) is 13.8. The molecule has 2 aromatic rings. The van der Waals surface area contributed by atoms with Crippen molar-refractivity contribution in [2.75, 3.05) is 0 Å². The van der Waals surface area contributed by atoms with E-state index >= 15 is 0 Å². The van der Waals surface area contributed by atoms with E-state index in [1.165, 1.54) is 16.7 Å². The van der Waals surface area contributed by atoms with Gasteiger partial charge in [0.15, 0.2) is 0 Å². The topological polar surface area (TPSA) is 0 Å². The van der Waals surface area contributed by atoms with Crippen LogP contribution >= 0.6 is 27.5 Å². The van der Waals surface area contributed by atoms with E-state index in [4.69, 9.17) is 11.6 Å². The first kappa shape index (κ1) is 14.6. The monoisotopic (exact) mass is 336 g/mol. The standard InChI is InChI=1S/C17H18BrCl/c1-3-12-9-10-14(11-13(12)4-2)17(19)15-7-5-6-8-16(15)18/h5-11,17H,3-4H2,1-2H3. The summed E-state index contributed by atoms with van der Waals surface area (Å²) in [4.78, 5) is 0. The highest BCUT2D eigenvalue weighted by Gasteiger charge is 2.14. The van der Waals surface area contributed by atoms with Gasteiger partial charge in [-0.15, -0.1) is 11.6 Å². The fraction of sp³-hybridized carbons (Fsp3) is 0.294. The largest absolute Gasteiger partial charge is 0.113 e. The van der Waals surface area contributed by atoms with Gasteiger partial charge in [0.1, 0.15) is 0 Å². The third-order valence-corrected chi connectivity index (χ3v) is 4.67. The molecule has 0 heterocycles. The number of hydrogen-bond acceptors (Lipinski definition) is 0. The summed E-state index contributed by atoms with van der Waals surface area (Å²) in [5.41, 5.74) is 5.11. The summed E-state index contributed by atoms with van der Waals surface area (Å²) in [5, 5.41) is -0.105. The highest BCUT2D eigenvalue weighted by molar-refractivity contribution is 9.10. The Balaban J connectivity index is 2.39. The lowest BCUT2D eigenvalue weighted by Gasteiger charge is -2.15. The van der Waals surface area contributed by atoms with Crippen LogP contribution in [0.3, 0.4) is 0 Å². The summed E-state index contributed by atoms with van der Waals surface area (Å²) in [6, 6.07) is 14.7. The van der Waals surface area contributed by atoms with Gasteiger partial charge in [0.25, 0.3) is 0 Å². The first-order chi connectivity index (χ1) is 9.17. The molecule has 19 heavy (non-hydrogen) atoms. The summed E-state index contributed by atoms with van der Waals surface area (Å²) in [5.74, 6) is 0. The fourth-order valence-corrected chi connectivity index (χ4v) is 3.31. The number of alkyl halides is 1. The zero-order valence-electron chi connectivity index (χ0n) is 11.3. The van der Waals surface area contributed by atoms with Gasteiger partial charge in [-0.05, 0) is 41.2 Å². The van der Waals surface area contributed by atoms with Crippen LogP contribution < -0.4 is 0 Å². The molecule has 0 saturated heterocycles. The Hall–Kier alpha value is -0.790. The Morgan fingerprint density at radius 1 is 1.00 bits per heavy atom. The van der Waals surface area contributed by atoms with Gasteiger partial charge >= 0.3 is 0 Å². The normalized spacial score (nSPS) is 12.4. The van der Waals surface area contributed by atoms with Crippen molar-refractivity contribution in [3.8, 4) is 0 Å². The Kier molecular flexibility index (Phi) is 5.06. The third-order valence-electron chi connectivity index (χ3n) is 3.46. The van der Waals surface area contributed by atoms with E-state index in [-0.39, 0.29) is 5.38 Å². The molecule has 0 amide bonds. The molecular weight excluding hydrogens is 320 g/mol. The van der Waals surface area contributed by atoms with Gasteiger partial charge in [0.05, 0.1) is 5.38 Å². The van der Waals surface area contributed by atoms with Crippen molar-refractivity contribution in [2.24, 2.45) is 0 Å². The van der Waals surface area contributed by atoms with Crippen molar-refractivity contribution in [3.63, 3.8) is 0 Å². The summed E-state index contributed by atoms with van der Waals surface area (Å²) in [6.45, 7) is 4.39. The number of rotatable bonds is 4. The van der Waals surface area contributed by atoms with E-state index in [1.54, 1.807) is 0 Å². The molecule has 2 heteroatoms. The Labute approximate surface area is 128 Å². The lowest BCUT2D eigenvalue weighted by molar-refractivity contribution is 1.01. The molecule has 0 bridgehead atoms. The maximum atomic E-state index is 6.63. The third kappa shape index (κ3) is 3.21. The molecule has 0 spiro atoms. The van der Waals surface area contributed by atoms with Crippen LogP contribution in [-0.2, 0) is 12.8 Å². The van der Waals surface area contributed by atoms with Crippen LogP contribution in [0.1, 0.15) is 41.5 Å². The minimum Gasteiger partial charge on any atom is -0.113 e. The van der Waals surface area contributed by atoms with Crippen LogP contribution in [0.2, 0.25) is 0 Å². The molecule has 0 aliphatic heterocycles. The van der Waals surface area contributed by atoms with Gasteiger partial charge in [0, 0.05) is 4.47 Å². The average molecular weight is 338 g/mol.